The number of Topliss-reactive ketones (excluding diaryl/α,β-unsaturated/α-hetero) is 1. The lowest BCUT2D eigenvalue weighted by molar-refractivity contribution is -0.116. The maximum Gasteiger partial charge on any atom is 0.170 e. The van der Waals surface area contributed by atoms with Gasteiger partial charge in [-0.2, -0.15) is 0 Å². The summed E-state index contributed by atoms with van der Waals surface area (Å²) in [6.07, 6.45) is 4.28. The van der Waals surface area contributed by atoms with Crippen LogP contribution in [0.2, 0.25) is 0 Å². The van der Waals surface area contributed by atoms with Crippen LogP contribution in [0.1, 0.15) is 29.5 Å². The number of carbonyl (C=O) groups is 1. The third-order valence-electron chi connectivity index (χ3n) is 4.27. The Morgan fingerprint density at radius 2 is 2.00 bits per heavy atom. The van der Waals surface area contributed by atoms with Crippen molar-refractivity contribution in [2.24, 2.45) is 10.9 Å². The van der Waals surface area contributed by atoms with Crippen molar-refractivity contribution in [3.63, 3.8) is 0 Å². The van der Waals surface area contributed by atoms with Crippen molar-refractivity contribution in [1.82, 2.24) is 0 Å². The molecule has 1 aliphatic carbocycles. The van der Waals surface area contributed by atoms with E-state index in [9.17, 15) is 4.79 Å². The Morgan fingerprint density at radius 1 is 1.38 bits per heavy atom. The number of ether oxygens (including phenoxy) is 1. The number of hydrogen-bond acceptors (Lipinski definition) is 3. The molecule has 0 heterocycles. The molecule has 0 radical (unpaired) electrons. The van der Waals surface area contributed by atoms with Gasteiger partial charge in [-0.25, -0.2) is 0 Å². The Kier molecular flexibility index (Phi) is 5.94. The molecule has 1 aliphatic rings. The van der Waals surface area contributed by atoms with E-state index in [0.717, 1.165) is 32.6 Å². The van der Waals surface area contributed by atoms with E-state index in [4.69, 9.17) is 4.74 Å². The molecule has 3 nitrogen and oxygen atoms in total. The molecule has 0 saturated heterocycles. The lowest BCUT2D eigenvalue weighted by Crippen LogP contribution is -2.14. The molecule has 0 amide bonds. The van der Waals surface area contributed by atoms with Crippen molar-refractivity contribution >= 4 is 33.0 Å². The highest BCUT2D eigenvalue weighted by Gasteiger charge is 2.36. The van der Waals surface area contributed by atoms with Crippen LogP contribution in [0.15, 0.2) is 52.8 Å². The lowest BCUT2D eigenvalue weighted by atomic mass is 9.90. The Morgan fingerprint density at radius 3 is 2.50 bits per heavy atom. The first-order valence-corrected chi connectivity index (χ1v) is 8.60. The van der Waals surface area contributed by atoms with E-state index in [2.05, 4.69) is 34.1 Å². The van der Waals surface area contributed by atoms with Gasteiger partial charge in [-0.3, -0.25) is 9.79 Å². The molecule has 0 spiro atoms. The smallest absolute Gasteiger partial charge is 0.170 e. The second kappa shape index (κ2) is 7.75. The lowest BCUT2D eigenvalue weighted by Gasteiger charge is -2.13. The van der Waals surface area contributed by atoms with Crippen LogP contribution in [0, 0.1) is 19.8 Å². The van der Waals surface area contributed by atoms with Crippen LogP contribution in [0.3, 0.4) is 0 Å². The minimum Gasteiger partial charge on any atom is -0.500 e. The molecule has 0 bridgehead atoms. The van der Waals surface area contributed by atoms with Crippen molar-refractivity contribution in [3.05, 3.63) is 64.5 Å². The van der Waals surface area contributed by atoms with Gasteiger partial charge in [-0.05, 0) is 48.7 Å². The summed E-state index contributed by atoms with van der Waals surface area (Å²) in [5.74, 6) is 0.689. The van der Waals surface area contributed by atoms with Crippen molar-refractivity contribution in [2.75, 3.05) is 7.11 Å². The molecule has 2 rings (SSSR count). The number of carbonyl (C=O) groups excluding carboxylic acids is 1. The van der Waals surface area contributed by atoms with E-state index in [-0.39, 0.29) is 11.7 Å². The van der Waals surface area contributed by atoms with Gasteiger partial charge in [0.25, 0.3) is 0 Å². The fraction of sp³-hybridized carbons (Fsp3) is 0.300. The first-order chi connectivity index (χ1) is 11.4. The Balaban J connectivity index is 2.43. The largest absolute Gasteiger partial charge is 0.500 e. The number of rotatable bonds is 6. The van der Waals surface area contributed by atoms with E-state index in [1.807, 2.05) is 26.0 Å². The summed E-state index contributed by atoms with van der Waals surface area (Å²) >= 11 is 3.51. The highest BCUT2D eigenvalue weighted by Crippen LogP contribution is 2.40. The van der Waals surface area contributed by atoms with Gasteiger partial charge >= 0.3 is 0 Å². The summed E-state index contributed by atoms with van der Waals surface area (Å²) in [4.78, 5) is 17.2. The molecule has 126 valence electrons. The highest BCUT2D eigenvalue weighted by atomic mass is 79.9. The molecule has 1 atom stereocenters. The molecule has 0 N–H and O–H groups in total. The maximum atomic E-state index is 13.1. The normalized spacial score (nSPS) is 18.1. The SMILES string of the molecule is C=CN=C(C=C)CC1CC(OC)=C(c2c(C)cc(Br)cc2C)C1=O. The minimum absolute atomic E-state index is 0.110. The zero-order chi connectivity index (χ0) is 17.9. The number of methoxy groups -OCH3 is 1. The summed E-state index contributed by atoms with van der Waals surface area (Å²) in [7, 11) is 1.63. The zero-order valence-electron chi connectivity index (χ0n) is 14.4. The predicted octanol–water partition coefficient (Wildman–Crippen LogP) is 5.17. The fourth-order valence-corrected chi connectivity index (χ4v) is 3.92. The molecule has 0 fully saturated rings. The van der Waals surface area contributed by atoms with Crippen LogP contribution in [0.25, 0.3) is 5.57 Å². The van der Waals surface area contributed by atoms with Gasteiger partial charge in [-0.15, -0.1) is 0 Å². The van der Waals surface area contributed by atoms with Crippen LogP contribution in [0.5, 0.6) is 0 Å². The van der Waals surface area contributed by atoms with E-state index in [1.54, 1.807) is 13.2 Å². The highest BCUT2D eigenvalue weighted by molar-refractivity contribution is 9.10. The number of halogens is 1. The third kappa shape index (κ3) is 3.59. The van der Waals surface area contributed by atoms with Crippen LogP contribution in [0.4, 0.5) is 0 Å². The van der Waals surface area contributed by atoms with Crippen molar-refractivity contribution in [2.45, 2.75) is 26.7 Å². The van der Waals surface area contributed by atoms with Gasteiger partial charge in [-0.1, -0.05) is 29.1 Å². The van der Waals surface area contributed by atoms with Gasteiger partial charge in [0.05, 0.1) is 12.7 Å². The van der Waals surface area contributed by atoms with Crippen molar-refractivity contribution in [1.29, 1.82) is 0 Å². The number of hydrogen-bond donors (Lipinski definition) is 0. The van der Waals surface area contributed by atoms with Crippen molar-refractivity contribution < 1.29 is 9.53 Å². The maximum absolute atomic E-state index is 13.1. The number of benzene rings is 1. The number of aliphatic imine (C=N–C) groups is 1. The summed E-state index contributed by atoms with van der Waals surface area (Å²) in [5.41, 5.74) is 4.56. The molecule has 0 saturated carbocycles. The number of aryl methyl sites for hydroxylation is 2. The van der Waals surface area contributed by atoms with Crippen LogP contribution >= 0.6 is 15.9 Å². The van der Waals surface area contributed by atoms with Gasteiger partial charge < -0.3 is 4.74 Å². The molecule has 1 aromatic rings. The Labute approximate surface area is 152 Å². The molecular weight excluding hydrogens is 366 g/mol. The van der Waals surface area contributed by atoms with E-state index >= 15 is 0 Å². The first-order valence-electron chi connectivity index (χ1n) is 7.81. The van der Waals surface area contributed by atoms with E-state index in [1.165, 1.54) is 6.20 Å². The predicted molar refractivity (Wildman–Crippen MR) is 103 cm³/mol. The molecular formula is C20H22BrNO2. The Hall–Kier alpha value is -1.94. The average molecular weight is 388 g/mol. The number of ketones is 1. The summed E-state index contributed by atoms with van der Waals surface area (Å²) < 4.78 is 6.56. The van der Waals surface area contributed by atoms with Gasteiger partial charge in [0.1, 0.15) is 5.76 Å². The molecule has 1 unspecified atom stereocenters. The minimum atomic E-state index is -0.172. The number of nitrogens with zero attached hydrogens (tertiary/aromatic N) is 1. The van der Waals surface area contributed by atoms with E-state index < -0.39 is 0 Å². The monoisotopic (exact) mass is 387 g/mol. The van der Waals surface area contributed by atoms with Gasteiger partial charge in [0.15, 0.2) is 5.78 Å². The molecule has 1 aromatic carbocycles. The summed E-state index contributed by atoms with van der Waals surface area (Å²) in [5, 5.41) is 0. The molecule has 4 heteroatoms. The molecule has 0 aromatic heterocycles. The van der Waals surface area contributed by atoms with Crippen LogP contribution in [-0.2, 0) is 9.53 Å². The second-order valence-corrected chi connectivity index (χ2v) is 6.81. The third-order valence-corrected chi connectivity index (χ3v) is 4.73. The van der Waals surface area contributed by atoms with Gasteiger partial charge in [0, 0.05) is 35.1 Å². The van der Waals surface area contributed by atoms with Gasteiger partial charge in [0.2, 0.25) is 0 Å². The zero-order valence-corrected chi connectivity index (χ0v) is 15.9. The Bertz CT molecular complexity index is 736. The first kappa shape index (κ1) is 18.4. The fourth-order valence-electron chi connectivity index (χ4n) is 3.24. The molecule has 0 aliphatic heterocycles. The van der Waals surface area contributed by atoms with Crippen LogP contribution < -0.4 is 0 Å². The summed E-state index contributed by atoms with van der Waals surface area (Å²) in [6, 6.07) is 4.05. The summed E-state index contributed by atoms with van der Waals surface area (Å²) in [6.45, 7) is 11.4. The van der Waals surface area contributed by atoms with E-state index in [0.29, 0.717) is 18.4 Å². The van der Waals surface area contributed by atoms with Crippen molar-refractivity contribution in [3.8, 4) is 0 Å². The molecule has 24 heavy (non-hydrogen) atoms. The quantitative estimate of drug-likeness (QED) is 0.631. The van der Waals surface area contributed by atoms with Crippen LogP contribution in [-0.4, -0.2) is 18.6 Å². The number of allylic oxidation sites excluding steroid dienone is 3. The standard InChI is InChI=1S/C20H22BrNO2/c1-6-16(22-7-2)10-14-11-17(24-5)19(20(14)23)18-12(3)8-15(21)9-13(18)4/h6-9,14H,1-2,10-11H2,3-5H3. The topological polar surface area (TPSA) is 38.7 Å². The second-order valence-electron chi connectivity index (χ2n) is 5.89. The average Bonchev–Trinajstić information content (AvgIpc) is 2.82.